The van der Waals surface area contributed by atoms with Gasteiger partial charge in [0.05, 0.1) is 0 Å². The first-order valence-electron chi connectivity index (χ1n) is 5.73. The van der Waals surface area contributed by atoms with Gasteiger partial charge in [-0.3, -0.25) is 0 Å². The van der Waals surface area contributed by atoms with E-state index in [-0.39, 0.29) is 0 Å². The van der Waals surface area contributed by atoms with Crippen molar-refractivity contribution < 1.29 is 0 Å². The maximum atomic E-state index is 3.60. The van der Waals surface area contributed by atoms with Crippen LogP contribution < -0.4 is 5.32 Å². The Labute approximate surface area is 82.6 Å². The summed E-state index contributed by atoms with van der Waals surface area (Å²) in [5, 5.41) is 3.60. The Hall–Kier alpha value is -0.460. The van der Waals surface area contributed by atoms with Gasteiger partial charge >= 0.3 is 0 Å². The van der Waals surface area contributed by atoms with E-state index >= 15 is 0 Å². The number of nitrogens with one attached hydrogen (secondary N) is 1. The second-order valence-corrected chi connectivity index (χ2v) is 4.12. The third-order valence-corrected chi connectivity index (χ3v) is 3.07. The van der Waals surface area contributed by atoms with Crippen LogP contribution in [0.3, 0.4) is 0 Å². The molecule has 0 radical (unpaired) electrons. The summed E-state index contributed by atoms with van der Waals surface area (Å²) >= 11 is 0. The van der Waals surface area contributed by atoms with Gasteiger partial charge in [0, 0.05) is 11.7 Å². The van der Waals surface area contributed by atoms with Crippen molar-refractivity contribution in [2.24, 2.45) is 0 Å². The van der Waals surface area contributed by atoms with Crippen LogP contribution in [0.25, 0.3) is 0 Å². The molecule has 1 aliphatic rings. The normalized spacial score (nSPS) is 23.2. The Morgan fingerprint density at radius 1 is 1.38 bits per heavy atom. The van der Waals surface area contributed by atoms with Crippen LogP contribution in [0.2, 0.25) is 0 Å². The maximum absolute atomic E-state index is 3.60. The van der Waals surface area contributed by atoms with Gasteiger partial charge in [-0.05, 0) is 39.0 Å². The first kappa shape index (κ1) is 10.6. The molecule has 1 heterocycles. The fourth-order valence-corrected chi connectivity index (χ4v) is 2.03. The van der Waals surface area contributed by atoms with Crippen LogP contribution in [0.4, 0.5) is 0 Å². The molecule has 76 valence electrons. The van der Waals surface area contributed by atoms with Crippen LogP contribution in [0, 0.1) is 0 Å². The van der Waals surface area contributed by atoms with Crippen molar-refractivity contribution in [1.82, 2.24) is 5.32 Å². The lowest BCUT2D eigenvalue weighted by molar-refractivity contribution is 0.470. The van der Waals surface area contributed by atoms with E-state index in [4.69, 9.17) is 0 Å². The topological polar surface area (TPSA) is 12.0 Å². The second-order valence-electron chi connectivity index (χ2n) is 4.12. The number of rotatable bonds is 4. The predicted molar refractivity (Wildman–Crippen MR) is 58.7 cm³/mol. The average Bonchev–Trinajstić information content (AvgIpc) is 2.16. The Morgan fingerprint density at radius 3 is 2.69 bits per heavy atom. The van der Waals surface area contributed by atoms with Crippen LogP contribution in [0.1, 0.15) is 59.3 Å². The van der Waals surface area contributed by atoms with E-state index in [9.17, 15) is 0 Å². The molecule has 1 N–H and O–H groups in total. The van der Waals surface area contributed by atoms with E-state index < -0.39 is 0 Å². The van der Waals surface area contributed by atoms with Gasteiger partial charge in [0.15, 0.2) is 0 Å². The Bertz CT molecular complexity index is 182. The summed E-state index contributed by atoms with van der Waals surface area (Å²) in [4.78, 5) is 0. The highest BCUT2D eigenvalue weighted by Gasteiger charge is 2.15. The van der Waals surface area contributed by atoms with Gasteiger partial charge in [0.2, 0.25) is 0 Å². The minimum atomic E-state index is 0.741. The van der Waals surface area contributed by atoms with Crippen LogP contribution in [0.15, 0.2) is 11.3 Å². The zero-order chi connectivity index (χ0) is 9.68. The SMILES string of the molecule is CCCCC1=C(C)NC(CC)CC1. The van der Waals surface area contributed by atoms with Crippen LogP contribution >= 0.6 is 0 Å². The molecule has 0 aromatic rings. The molecular weight excluding hydrogens is 158 g/mol. The fourth-order valence-electron chi connectivity index (χ4n) is 2.03. The number of allylic oxidation sites excluding steroid dienone is 2. The molecule has 1 aliphatic heterocycles. The van der Waals surface area contributed by atoms with Crippen molar-refractivity contribution >= 4 is 0 Å². The quantitative estimate of drug-likeness (QED) is 0.698. The summed E-state index contributed by atoms with van der Waals surface area (Å²) in [6, 6.07) is 0.741. The molecule has 0 amide bonds. The molecule has 0 saturated carbocycles. The second kappa shape index (κ2) is 5.31. The van der Waals surface area contributed by atoms with Crippen LogP contribution in [-0.4, -0.2) is 6.04 Å². The summed E-state index contributed by atoms with van der Waals surface area (Å²) in [7, 11) is 0. The third kappa shape index (κ3) is 3.06. The smallest absolute Gasteiger partial charge is 0.0258 e. The molecule has 0 saturated heterocycles. The predicted octanol–water partition coefficient (Wildman–Crippen LogP) is 3.61. The van der Waals surface area contributed by atoms with Gasteiger partial charge in [0.1, 0.15) is 0 Å². The Balaban J connectivity index is 2.44. The molecule has 13 heavy (non-hydrogen) atoms. The number of unbranched alkanes of at least 4 members (excludes halogenated alkanes) is 1. The molecule has 0 aliphatic carbocycles. The van der Waals surface area contributed by atoms with Gasteiger partial charge in [0.25, 0.3) is 0 Å². The zero-order valence-electron chi connectivity index (χ0n) is 9.32. The van der Waals surface area contributed by atoms with Gasteiger partial charge in [-0.1, -0.05) is 25.8 Å². The zero-order valence-corrected chi connectivity index (χ0v) is 9.32. The van der Waals surface area contributed by atoms with E-state index in [1.165, 1.54) is 44.2 Å². The molecule has 1 rings (SSSR count). The molecule has 1 nitrogen and oxygen atoms in total. The minimum Gasteiger partial charge on any atom is -0.386 e. The first-order valence-corrected chi connectivity index (χ1v) is 5.73. The highest BCUT2D eigenvalue weighted by atomic mass is 14.9. The van der Waals surface area contributed by atoms with Gasteiger partial charge < -0.3 is 5.32 Å². The van der Waals surface area contributed by atoms with E-state index in [2.05, 4.69) is 26.1 Å². The van der Waals surface area contributed by atoms with Crippen molar-refractivity contribution in [1.29, 1.82) is 0 Å². The van der Waals surface area contributed by atoms with Crippen molar-refractivity contribution in [3.63, 3.8) is 0 Å². The molecule has 0 aromatic heterocycles. The van der Waals surface area contributed by atoms with Gasteiger partial charge in [-0.15, -0.1) is 0 Å². The highest BCUT2D eigenvalue weighted by Crippen LogP contribution is 2.23. The van der Waals surface area contributed by atoms with Crippen LogP contribution in [-0.2, 0) is 0 Å². The highest BCUT2D eigenvalue weighted by molar-refractivity contribution is 5.14. The Morgan fingerprint density at radius 2 is 2.15 bits per heavy atom. The summed E-state index contributed by atoms with van der Waals surface area (Å²) in [5.41, 5.74) is 3.14. The summed E-state index contributed by atoms with van der Waals surface area (Å²) < 4.78 is 0. The lowest BCUT2D eigenvalue weighted by Gasteiger charge is -2.27. The van der Waals surface area contributed by atoms with E-state index in [1.54, 1.807) is 5.57 Å². The van der Waals surface area contributed by atoms with Gasteiger partial charge in [-0.25, -0.2) is 0 Å². The molecule has 0 aromatic carbocycles. The Kier molecular flexibility index (Phi) is 4.34. The summed E-state index contributed by atoms with van der Waals surface area (Å²) in [6.45, 7) is 6.77. The van der Waals surface area contributed by atoms with Crippen molar-refractivity contribution in [2.45, 2.75) is 65.3 Å². The third-order valence-electron chi connectivity index (χ3n) is 3.07. The average molecular weight is 181 g/mol. The van der Waals surface area contributed by atoms with Crippen molar-refractivity contribution in [2.75, 3.05) is 0 Å². The maximum Gasteiger partial charge on any atom is 0.0258 e. The molecule has 0 bridgehead atoms. The van der Waals surface area contributed by atoms with Crippen molar-refractivity contribution in [3.05, 3.63) is 11.3 Å². The monoisotopic (exact) mass is 181 g/mol. The van der Waals surface area contributed by atoms with E-state index in [0.29, 0.717) is 0 Å². The summed E-state index contributed by atoms with van der Waals surface area (Å²) in [6.07, 6.45) is 7.91. The standard InChI is InChI=1S/C12H23N/c1-4-6-7-11-8-9-12(5-2)13-10(11)3/h12-13H,4-9H2,1-3H3. The lowest BCUT2D eigenvalue weighted by atomic mass is 9.94. The van der Waals surface area contributed by atoms with Crippen LogP contribution in [0.5, 0.6) is 0 Å². The van der Waals surface area contributed by atoms with Crippen molar-refractivity contribution in [3.8, 4) is 0 Å². The number of hydrogen-bond donors (Lipinski definition) is 1. The largest absolute Gasteiger partial charge is 0.386 e. The van der Waals surface area contributed by atoms with E-state index in [0.717, 1.165) is 6.04 Å². The molecule has 1 atom stereocenters. The lowest BCUT2D eigenvalue weighted by Crippen LogP contribution is -2.31. The molecule has 1 heteroatoms. The van der Waals surface area contributed by atoms with Gasteiger partial charge in [-0.2, -0.15) is 0 Å². The summed E-state index contributed by atoms with van der Waals surface area (Å²) in [5.74, 6) is 0. The molecule has 0 fully saturated rings. The number of hydrogen-bond acceptors (Lipinski definition) is 1. The molecule has 0 spiro atoms. The minimum absolute atomic E-state index is 0.741. The molecule has 1 unspecified atom stereocenters. The first-order chi connectivity index (χ1) is 6.27. The molecular formula is C12H23N. The van der Waals surface area contributed by atoms with E-state index in [1.807, 2.05) is 0 Å². The fraction of sp³-hybridized carbons (Fsp3) is 0.833.